The first-order valence-corrected chi connectivity index (χ1v) is 5.78. The van der Waals surface area contributed by atoms with Gasteiger partial charge in [0.1, 0.15) is 0 Å². The van der Waals surface area contributed by atoms with Crippen molar-refractivity contribution in [2.45, 2.75) is 12.6 Å². The lowest BCUT2D eigenvalue weighted by Gasteiger charge is -2.23. The summed E-state index contributed by atoms with van der Waals surface area (Å²) in [5.74, 6) is -3.05. The van der Waals surface area contributed by atoms with Gasteiger partial charge in [0.05, 0.1) is 11.8 Å². The number of alkyl halides is 3. The highest BCUT2D eigenvalue weighted by atomic mass is 35.5. The highest BCUT2D eigenvalue weighted by Crippen LogP contribution is 2.49. The Hall–Kier alpha value is -1.04. The van der Waals surface area contributed by atoms with Gasteiger partial charge in [-0.05, 0) is 29.9 Å². The molecule has 0 spiro atoms. The molecular weight excluding hydrogens is 273 g/mol. The number of ether oxygens (including phenoxy) is 1. The van der Waals surface area contributed by atoms with Gasteiger partial charge in [-0.1, -0.05) is 12.2 Å². The molecule has 0 saturated heterocycles. The molecule has 0 aromatic heterocycles. The predicted octanol–water partition coefficient (Wildman–Crippen LogP) is 2.30. The van der Waals surface area contributed by atoms with Gasteiger partial charge in [-0.2, -0.15) is 13.2 Å². The topological polar surface area (TPSA) is 43.4 Å². The number of carbonyl (C=O) groups is 2. The van der Waals surface area contributed by atoms with E-state index in [1.165, 1.54) is 0 Å². The van der Waals surface area contributed by atoms with Crippen LogP contribution in [0.25, 0.3) is 0 Å². The van der Waals surface area contributed by atoms with E-state index < -0.39 is 35.8 Å². The van der Waals surface area contributed by atoms with Crippen LogP contribution in [0.3, 0.4) is 0 Å². The van der Waals surface area contributed by atoms with Gasteiger partial charge in [-0.3, -0.25) is 9.59 Å². The van der Waals surface area contributed by atoms with Crippen molar-refractivity contribution in [1.82, 2.24) is 0 Å². The average molecular weight is 283 g/mol. The summed E-state index contributed by atoms with van der Waals surface area (Å²) < 4.78 is 40.1. The van der Waals surface area contributed by atoms with Gasteiger partial charge in [0.25, 0.3) is 0 Å². The number of fused-ring (bicyclic) bond motifs is 2. The van der Waals surface area contributed by atoms with Crippen LogP contribution in [-0.4, -0.2) is 24.0 Å². The van der Waals surface area contributed by atoms with E-state index in [0.717, 1.165) is 0 Å². The summed E-state index contributed by atoms with van der Waals surface area (Å²) in [6, 6.07) is 0. The fraction of sp³-hybridized carbons (Fsp3) is 0.636. The van der Waals surface area contributed by atoms with E-state index in [1.807, 2.05) is 0 Å². The molecule has 0 amide bonds. The van der Waals surface area contributed by atoms with Gasteiger partial charge in [-0.15, -0.1) is 0 Å². The van der Waals surface area contributed by atoms with Crippen molar-refractivity contribution < 1.29 is 27.5 Å². The van der Waals surface area contributed by atoms with Crippen LogP contribution in [0.5, 0.6) is 0 Å². The van der Waals surface area contributed by atoms with Crippen LogP contribution >= 0.6 is 11.6 Å². The summed E-state index contributed by atoms with van der Waals surface area (Å²) in [6.07, 6.45) is -0.484. The molecule has 1 fully saturated rings. The fourth-order valence-corrected chi connectivity index (χ4v) is 3.00. The Morgan fingerprint density at radius 2 is 1.78 bits per heavy atom. The van der Waals surface area contributed by atoms with Crippen LogP contribution in [0, 0.1) is 23.7 Å². The van der Waals surface area contributed by atoms with E-state index in [4.69, 9.17) is 11.6 Å². The number of rotatable bonds is 3. The number of esters is 1. The number of allylic oxidation sites excluding steroid dienone is 2. The first-order valence-electron chi connectivity index (χ1n) is 5.40. The second-order valence-corrected chi connectivity index (χ2v) is 4.90. The normalized spacial score (nSPS) is 33.8. The van der Waals surface area contributed by atoms with Crippen molar-refractivity contribution in [3.05, 3.63) is 12.2 Å². The molecule has 100 valence electrons. The quantitative estimate of drug-likeness (QED) is 0.453. The molecule has 0 aliphatic heterocycles. The van der Waals surface area contributed by atoms with Gasteiger partial charge in [0.2, 0.25) is 5.24 Å². The van der Waals surface area contributed by atoms with Gasteiger partial charge in [0, 0.05) is 0 Å². The average Bonchev–Trinajstić information content (AvgIpc) is 2.83. The van der Waals surface area contributed by atoms with Crippen LogP contribution in [0.15, 0.2) is 12.2 Å². The van der Waals surface area contributed by atoms with Gasteiger partial charge < -0.3 is 4.74 Å². The molecule has 0 heterocycles. The summed E-state index contributed by atoms with van der Waals surface area (Å²) in [5, 5.41) is -0.694. The minimum Gasteiger partial charge on any atom is -0.456 e. The lowest BCUT2D eigenvalue weighted by molar-refractivity contribution is -0.190. The predicted molar refractivity (Wildman–Crippen MR) is 55.6 cm³/mol. The third kappa shape index (κ3) is 2.53. The molecule has 2 aliphatic carbocycles. The Bertz CT molecular complexity index is 405. The molecular formula is C11H10ClF3O3. The van der Waals surface area contributed by atoms with E-state index in [2.05, 4.69) is 4.74 Å². The third-order valence-electron chi connectivity index (χ3n) is 3.37. The lowest BCUT2D eigenvalue weighted by atomic mass is 9.84. The maximum absolute atomic E-state index is 12.0. The van der Waals surface area contributed by atoms with Crippen molar-refractivity contribution in [2.75, 3.05) is 6.61 Å². The van der Waals surface area contributed by atoms with Gasteiger partial charge >= 0.3 is 12.1 Å². The van der Waals surface area contributed by atoms with Crippen LogP contribution in [0.1, 0.15) is 6.42 Å². The van der Waals surface area contributed by atoms with Crippen molar-refractivity contribution in [2.24, 2.45) is 23.7 Å². The molecule has 2 aliphatic rings. The monoisotopic (exact) mass is 282 g/mol. The summed E-state index contributed by atoms with van der Waals surface area (Å²) in [6.45, 7) is -1.63. The minimum atomic E-state index is -4.57. The van der Waals surface area contributed by atoms with E-state index in [9.17, 15) is 22.8 Å². The van der Waals surface area contributed by atoms with Gasteiger partial charge in [-0.25, -0.2) is 0 Å². The van der Waals surface area contributed by atoms with E-state index in [0.29, 0.717) is 6.42 Å². The zero-order valence-corrected chi connectivity index (χ0v) is 9.87. The van der Waals surface area contributed by atoms with Crippen LogP contribution in [-0.2, 0) is 14.3 Å². The smallest absolute Gasteiger partial charge is 0.422 e. The van der Waals surface area contributed by atoms with Crippen LogP contribution in [0.2, 0.25) is 0 Å². The highest BCUT2D eigenvalue weighted by Gasteiger charge is 2.52. The van der Waals surface area contributed by atoms with Crippen molar-refractivity contribution in [3.8, 4) is 0 Å². The van der Waals surface area contributed by atoms with Crippen molar-refractivity contribution in [3.63, 3.8) is 0 Å². The largest absolute Gasteiger partial charge is 0.456 e. The summed E-state index contributed by atoms with van der Waals surface area (Å²) in [7, 11) is 0. The lowest BCUT2D eigenvalue weighted by Crippen LogP contribution is -2.34. The van der Waals surface area contributed by atoms with Crippen LogP contribution in [0.4, 0.5) is 13.2 Å². The van der Waals surface area contributed by atoms with Crippen molar-refractivity contribution in [1.29, 1.82) is 0 Å². The molecule has 18 heavy (non-hydrogen) atoms. The molecule has 2 bridgehead atoms. The summed E-state index contributed by atoms with van der Waals surface area (Å²) in [5.41, 5.74) is 0. The Labute approximate surface area is 106 Å². The van der Waals surface area contributed by atoms with Gasteiger partial charge in [0.15, 0.2) is 6.61 Å². The molecule has 0 aromatic rings. The Kier molecular flexibility index (Phi) is 3.40. The van der Waals surface area contributed by atoms with E-state index >= 15 is 0 Å². The standard InChI is InChI=1S/C11H10ClF3O3/c12-9(16)7-5-1-2-6(3-5)8(7)10(17)18-4-11(13,14)15/h1-2,5-8H,3-4H2/t5-,6+,7+,8+/m1/s1. The second kappa shape index (κ2) is 4.57. The first-order chi connectivity index (χ1) is 8.29. The maximum Gasteiger partial charge on any atom is 0.422 e. The minimum absolute atomic E-state index is 0.163. The second-order valence-electron chi connectivity index (χ2n) is 4.53. The maximum atomic E-state index is 12.0. The molecule has 0 N–H and O–H groups in total. The number of carbonyl (C=O) groups excluding carboxylic acids is 2. The number of hydrogen-bond donors (Lipinski definition) is 0. The Balaban J connectivity index is 2.05. The van der Waals surface area contributed by atoms with Crippen LogP contribution < -0.4 is 0 Å². The molecule has 7 heteroatoms. The molecule has 0 radical (unpaired) electrons. The third-order valence-corrected chi connectivity index (χ3v) is 3.62. The zero-order valence-electron chi connectivity index (χ0n) is 9.11. The molecule has 4 atom stereocenters. The van der Waals surface area contributed by atoms with E-state index in [-0.39, 0.29) is 11.8 Å². The Morgan fingerprint density at radius 3 is 2.28 bits per heavy atom. The number of hydrogen-bond acceptors (Lipinski definition) is 3. The van der Waals surface area contributed by atoms with Crippen molar-refractivity contribution >= 4 is 22.8 Å². The molecule has 0 unspecified atom stereocenters. The SMILES string of the molecule is O=C(Cl)[C@@H]1[C@@H](C(=O)OCC(F)(F)F)[C@H]2C=C[C@@H]1C2. The molecule has 3 nitrogen and oxygen atoms in total. The molecule has 2 rings (SSSR count). The zero-order chi connectivity index (χ0) is 13.5. The highest BCUT2D eigenvalue weighted by molar-refractivity contribution is 6.64. The summed E-state index contributed by atoms with van der Waals surface area (Å²) >= 11 is 5.40. The Morgan fingerprint density at radius 1 is 1.22 bits per heavy atom. The summed E-state index contributed by atoms with van der Waals surface area (Å²) in [4.78, 5) is 22.9. The molecule has 0 aromatic carbocycles. The van der Waals surface area contributed by atoms with E-state index in [1.54, 1.807) is 12.2 Å². The molecule has 1 saturated carbocycles. The number of halogens is 4. The fourth-order valence-electron chi connectivity index (χ4n) is 2.70. The first kappa shape index (κ1) is 13.4.